The second-order valence-corrected chi connectivity index (χ2v) is 5.68. The summed E-state index contributed by atoms with van der Waals surface area (Å²) in [6.45, 7) is 4.84. The lowest BCUT2D eigenvalue weighted by Crippen LogP contribution is -2.21. The van der Waals surface area contributed by atoms with Crippen LogP contribution in [0.3, 0.4) is 0 Å². The van der Waals surface area contributed by atoms with E-state index in [1.807, 2.05) is 36.4 Å². The van der Waals surface area contributed by atoms with Crippen LogP contribution < -0.4 is 5.32 Å². The van der Waals surface area contributed by atoms with E-state index in [0.29, 0.717) is 18.2 Å². The smallest absolute Gasteiger partial charge is 0.131 e. The molecule has 2 rings (SSSR count). The van der Waals surface area contributed by atoms with Crippen LogP contribution in [-0.4, -0.2) is 6.04 Å². The Morgan fingerprint density at radius 3 is 2.47 bits per heavy atom. The van der Waals surface area contributed by atoms with Crippen molar-refractivity contribution in [1.29, 1.82) is 0 Å². The van der Waals surface area contributed by atoms with Crippen molar-refractivity contribution < 1.29 is 4.39 Å². The predicted octanol–water partition coefficient (Wildman–Crippen LogP) is 4.75. The first kappa shape index (κ1) is 14.2. The minimum atomic E-state index is -0.185. The molecule has 0 amide bonds. The lowest BCUT2D eigenvalue weighted by atomic mass is 10.0. The summed E-state index contributed by atoms with van der Waals surface area (Å²) in [4.78, 5) is 0. The van der Waals surface area contributed by atoms with Gasteiger partial charge in [-0.1, -0.05) is 60.1 Å². The summed E-state index contributed by atoms with van der Waals surface area (Å²) in [7, 11) is 0. The molecule has 0 aliphatic heterocycles. The van der Waals surface area contributed by atoms with Gasteiger partial charge in [-0.2, -0.15) is 0 Å². The number of nitrogens with one attached hydrogen (secondary N) is 1. The summed E-state index contributed by atoms with van der Waals surface area (Å²) in [5.74, 6) is -0.185. The quantitative estimate of drug-likeness (QED) is 0.856. The van der Waals surface area contributed by atoms with E-state index in [0.717, 1.165) is 15.6 Å². The number of hydrogen-bond donors (Lipinski definition) is 1. The molecule has 0 atom stereocenters. The lowest BCUT2D eigenvalue weighted by Gasteiger charge is -2.10. The van der Waals surface area contributed by atoms with E-state index < -0.39 is 0 Å². The zero-order chi connectivity index (χ0) is 13.8. The molecule has 1 nitrogen and oxygen atoms in total. The van der Waals surface area contributed by atoms with Crippen LogP contribution in [0.5, 0.6) is 0 Å². The highest BCUT2D eigenvalue weighted by Gasteiger charge is 2.09. The fourth-order valence-corrected chi connectivity index (χ4v) is 2.39. The second kappa shape index (κ2) is 6.31. The van der Waals surface area contributed by atoms with Crippen molar-refractivity contribution in [1.82, 2.24) is 5.32 Å². The Hall–Kier alpha value is -1.19. The van der Waals surface area contributed by atoms with Crippen molar-refractivity contribution in [2.45, 2.75) is 26.4 Å². The van der Waals surface area contributed by atoms with Gasteiger partial charge in [0, 0.05) is 22.6 Å². The largest absolute Gasteiger partial charge is 0.310 e. The topological polar surface area (TPSA) is 12.0 Å². The van der Waals surface area contributed by atoms with Gasteiger partial charge >= 0.3 is 0 Å². The lowest BCUT2D eigenvalue weighted by molar-refractivity contribution is 0.582. The standard InChI is InChI=1S/C16H17BrFN/c1-11(2)19-10-12-7-8-14(16(18)9-12)13-5-3-4-6-15(13)17/h3-9,11,19H,10H2,1-2H3. The summed E-state index contributed by atoms with van der Waals surface area (Å²) < 4.78 is 15.1. The molecule has 3 heteroatoms. The second-order valence-electron chi connectivity index (χ2n) is 4.83. The number of hydrogen-bond acceptors (Lipinski definition) is 1. The van der Waals surface area contributed by atoms with Crippen LogP contribution in [0.4, 0.5) is 4.39 Å². The average molecular weight is 322 g/mol. The van der Waals surface area contributed by atoms with Crippen molar-refractivity contribution in [2.75, 3.05) is 0 Å². The molecule has 2 aromatic carbocycles. The van der Waals surface area contributed by atoms with E-state index in [1.165, 1.54) is 0 Å². The third-order valence-corrected chi connectivity index (χ3v) is 3.60. The molecule has 0 aliphatic rings. The van der Waals surface area contributed by atoms with Gasteiger partial charge in [-0.25, -0.2) is 4.39 Å². The van der Waals surface area contributed by atoms with Gasteiger partial charge in [0.05, 0.1) is 0 Å². The first-order chi connectivity index (χ1) is 9.08. The van der Waals surface area contributed by atoms with Crippen LogP contribution in [0.25, 0.3) is 11.1 Å². The maximum atomic E-state index is 14.2. The van der Waals surface area contributed by atoms with Crippen LogP contribution in [0, 0.1) is 5.82 Å². The Kier molecular flexibility index (Phi) is 4.72. The third-order valence-electron chi connectivity index (χ3n) is 2.91. The van der Waals surface area contributed by atoms with E-state index >= 15 is 0 Å². The SMILES string of the molecule is CC(C)NCc1ccc(-c2ccccc2Br)c(F)c1. The van der Waals surface area contributed by atoms with Crippen molar-refractivity contribution >= 4 is 15.9 Å². The highest BCUT2D eigenvalue weighted by atomic mass is 79.9. The average Bonchev–Trinajstić information content (AvgIpc) is 2.38. The molecule has 0 saturated heterocycles. The van der Waals surface area contributed by atoms with Gasteiger partial charge in [0.15, 0.2) is 0 Å². The Bertz CT molecular complexity index is 566. The fourth-order valence-electron chi connectivity index (χ4n) is 1.89. The van der Waals surface area contributed by atoms with Gasteiger partial charge in [-0.05, 0) is 23.3 Å². The van der Waals surface area contributed by atoms with Crippen molar-refractivity contribution in [3.05, 3.63) is 58.3 Å². The predicted molar refractivity (Wildman–Crippen MR) is 81.5 cm³/mol. The summed E-state index contributed by atoms with van der Waals surface area (Å²) in [5.41, 5.74) is 2.46. The minimum absolute atomic E-state index is 0.185. The van der Waals surface area contributed by atoms with Crippen LogP contribution in [0.1, 0.15) is 19.4 Å². The van der Waals surface area contributed by atoms with Crippen LogP contribution >= 0.6 is 15.9 Å². The van der Waals surface area contributed by atoms with Gasteiger partial charge in [0.25, 0.3) is 0 Å². The van der Waals surface area contributed by atoms with Crippen molar-refractivity contribution in [2.24, 2.45) is 0 Å². The summed E-state index contributed by atoms with van der Waals surface area (Å²) in [6.07, 6.45) is 0. The summed E-state index contributed by atoms with van der Waals surface area (Å²) >= 11 is 3.46. The molecule has 0 bridgehead atoms. The Balaban J connectivity index is 2.27. The molecule has 100 valence electrons. The van der Waals surface area contributed by atoms with Crippen molar-refractivity contribution in [3.63, 3.8) is 0 Å². The third kappa shape index (κ3) is 3.64. The molecular formula is C16H17BrFN. The van der Waals surface area contributed by atoms with E-state index in [1.54, 1.807) is 6.07 Å². The molecule has 0 aliphatic carbocycles. The first-order valence-corrected chi connectivity index (χ1v) is 7.14. The summed E-state index contributed by atoms with van der Waals surface area (Å²) in [5, 5.41) is 3.28. The van der Waals surface area contributed by atoms with Crippen LogP contribution in [0.15, 0.2) is 46.9 Å². The zero-order valence-electron chi connectivity index (χ0n) is 11.1. The van der Waals surface area contributed by atoms with E-state index in [-0.39, 0.29) is 5.82 Å². The molecule has 0 heterocycles. The Labute approximate surface area is 122 Å². The molecule has 0 unspecified atom stereocenters. The molecule has 0 aromatic heterocycles. The zero-order valence-corrected chi connectivity index (χ0v) is 12.7. The van der Waals surface area contributed by atoms with Gasteiger partial charge < -0.3 is 5.32 Å². The van der Waals surface area contributed by atoms with Crippen LogP contribution in [0.2, 0.25) is 0 Å². The highest BCUT2D eigenvalue weighted by Crippen LogP contribution is 2.30. The van der Waals surface area contributed by atoms with E-state index in [9.17, 15) is 4.39 Å². The van der Waals surface area contributed by atoms with E-state index in [4.69, 9.17) is 0 Å². The number of benzene rings is 2. The molecule has 1 N–H and O–H groups in total. The number of rotatable bonds is 4. The minimum Gasteiger partial charge on any atom is -0.310 e. The molecule has 0 spiro atoms. The first-order valence-electron chi connectivity index (χ1n) is 6.34. The molecule has 0 saturated carbocycles. The van der Waals surface area contributed by atoms with Crippen LogP contribution in [-0.2, 0) is 6.54 Å². The number of halogens is 2. The molecule has 19 heavy (non-hydrogen) atoms. The Morgan fingerprint density at radius 2 is 1.84 bits per heavy atom. The Morgan fingerprint density at radius 1 is 1.11 bits per heavy atom. The van der Waals surface area contributed by atoms with Gasteiger partial charge in [0.2, 0.25) is 0 Å². The highest BCUT2D eigenvalue weighted by molar-refractivity contribution is 9.10. The fraction of sp³-hybridized carbons (Fsp3) is 0.250. The molecule has 0 fully saturated rings. The molecular weight excluding hydrogens is 305 g/mol. The molecule has 0 radical (unpaired) electrons. The normalized spacial score (nSPS) is 11.0. The monoisotopic (exact) mass is 321 g/mol. The maximum Gasteiger partial charge on any atom is 0.131 e. The summed E-state index contributed by atoms with van der Waals surface area (Å²) in [6, 6.07) is 13.5. The molecule has 2 aromatic rings. The van der Waals surface area contributed by atoms with Gasteiger partial charge in [-0.15, -0.1) is 0 Å². The van der Waals surface area contributed by atoms with Gasteiger partial charge in [0.1, 0.15) is 5.82 Å². The van der Waals surface area contributed by atoms with E-state index in [2.05, 4.69) is 35.1 Å². The maximum absolute atomic E-state index is 14.2. The van der Waals surface area contributed by atoms with Gasteiger partial charge in [-0.3, -0.25) is 0 Å². The van der Waals surface area contributed by atoms with Crippen molar-refractivity contribution in [3.8, 4) is 11.1 Å².